The Morgan fingerprint density at radius 1 is 1.11 bits per heavy atom. The predicted octanol–water partition coefficient (Wildman–Crippen LogP) is 3.39. The van der Waals surface area contributed by atoms with Crippen molar-refractivity contribution in [1.29, 1.82) is 0 Å². The van der Waals surface area contributed by atoms with Gasteiger partial charge in [0.15, 0.2) is 21.5 Å². The molecule has 28 heavy (non-hydrogen) atoms. The van der Waals surface area contributed by atoms with Crippen molar-refractivity contribution in [3.05, 3.63) is 47.7 Å². The molecule has 0 atom stereocenters. The summed E-state index contributed by atoms with van der Waals surface area (Å²) in [6, 6.07) is 9.31. The van der Waals surface area contributed by atoms with Gasteiger partial charge in [-0.1, -0.05) is 37.3 Å². The summed E-state index contributed by atoms with van der Waals surface area (Å²) < 4.78 is 55.7. The molecule has 0 N–H and O–H groups in total. The van der Waals surface area contributed by atoms with E-state index in [0.717, 1.165) is 18.4 Å². The molecule has 0 amide bonds. The van der Waals surface area contributed by atoms with Crippen molar-refractivity contribution < 1.29 is 17.2 Å². The highest BCUT2D eigenvalue weighted by molar-refractivity contribution is 7.91. The van der Waals surface area contributed by atoms with Crippen LogP contribution in [0.2, 0.25) is 0 Å². The molecule has 0 bridgehead atoms. The third kappa shape index (κ3) is 3.45. The second-order valence-electron chi connectivity index (χ2n) is 7.61. The van der Waals surface area contributed by atoms with Crippen LogP contribution in [0.15, 0.2) is 35.2 Å². The van der Waals surface area contributed by atoms with Gasteiger partial charge in [0.1, 0.15) is 10.6 Å². The topological polar surface area (TPSA) is 53.5 Å². The molecule has 1 fully saturated rings. The van der Waals surface area contributed by atoms with Crippen LogP contribution >= 0.6 is 0 Å². The van der Waals surface area contributed by atoms with E-state index in [2.05, 4.69) is 11.9 Å². The zero-order chi connectivity index (χ0) is 19.9. The number of benzene rings is 1. The summed E-state index contributed by atoms with van der Waals surface area (Å²) in [5, 5.41) is 0. The lowest BCUT2D eigenvalue weighted by Crippen LogP contribution is -2.39. The molecule has 0 saturated carbocycles. The fourth-order valence-corrected chi connectivity index (χ4v) is 5.43. The number of sulfone groups is 1. The van der Waals surface area contributed by atoms with E-state index < -0.39 is 26.5 Å². The van der Waals surface area contributed by atoms with Crippen LogP contribution in [-0.2, 0) is 16.4 Å². The Bertz CT molecular complexity index is 975. The molecule has 1 saturated heterocycles. The van der Waals surface area contributed by atoms with Crippen molar-refractivity contribution in [2.75, 3.05) is 35.2 Å². The average Bonchev–Trinajstić information content (AvgIpc) is 2.67. The summed E-state index contributed by atoms with van der Waals surface area (Å²) >= 11 is 0. The van der Waals surface area contributed by atoms with Crippen LogP contribution < -0.4 is 9.80 Å². The molecule has 150 valence electrons. The molecule has 2 aromatic rings. The zero-order valence-corrected chi connectivity index (χ0v) is 16.6. The molecular formula is C20H23F2N3O2S. The number of hydrogen-bond donors (Lipinski definition) is 0. The van der Waals surface area contributed by atoms with Gasteiger partial charge in [-0.2, -0.15) is 9.37 Å². The number of pyridine rings is 1. The minimum absolute atomic E-state index is 0.100. The Balaban J connectivity index is 1.78. The van der Waals surface area contributed by atoms with Crippen LogP contribution in [0.1, 0.15) is 25.3 Å². The maximum atomic E-state index is 15.3. The average molecular weight is 407 g/mol. The molecule has 2 aliphatic rings. The number of rotatable bonds is 3. The van der Waals surface area contributed by atoms with Crippen LogP contribution in [0.5, 0.6) is 0 Å². The Labute approximate surface area is 163 Å². The quantitative estimate of drug-likeness (QED) is 0.730. The minimum Gasteiger partial charge on any atom is -0.361 e. The lowest BCUT2D eigenvalue weighted by Gasteiger charge is -2.35. The number of aromatic nitrogens is 1. The van der Waals surface area contributed by atoms with Gasteiger partial charge in [-0.05, 0) is 24.3 Å². The number of hydrogen-bond acceptors (Lipinski definition) is 5. The van der Waals surface area contributed by atoms with Gasteiger partial charge in [0.25, 0.3) is 0 Å². The molecule has 8 heteroatoms. The molecule has 1 aromatic carbocycles. The second kappa shape index (κ2) is 7.31. The van der Waals surface area contributed by atoms with Gasteiger partial charge in [-0.3, -0.25) is 0 Å². The molecule has 5 nitrogen and oxygen atoms in total. The molecular weight excluding hydrogens is 384 g/mol. The van der Waals surface area contributed by atoms with E-state index in [4.69, 9.17) is 0 Å². The minimum atomic E-state index is -3.92. The van der Waals surface area contributed by atoms with E-state index in [-0.39, 0.29) is 23.8 Å². The molecule has 1 aromatic heterocycles. The first-order valence-corrected chi connectivity index (χ1v) is 11.2. The zero-order valence-electron chi connectivity index (χ0n) is 15.7. The van der Waals surface area contributed by atoms with E-state index in [1.807, 2.05) is 30.3 Å². The monoisotopic (exact) mass is 407 g/mol. The van der Waals surface area contributed by atoms with Crippen molar-refractivity contribution in [3.63, 3.8) is 0 Å². The first kappa shape index (κ1) is 19.1. The third-order valence-corrected chi connectivity index (χ3v) is 7.28. The number of nitrogens with zero attached hydrogens (tertiary/aromatic N) is 3. The Morgan fingerprint density at radius 3 is 2.46 bits per heavy atom. The number of anilines is 2. The van der Waals surface area contributed by atoms with Crippen LogP contribution in [0.3, 0.4) is 0 Å². The van der Waals surface area contributed by atoms with Gasteiger partial charge in [-0.15, -0.1) is 0 Å². The summed E-state index contributed by atoms with van der Waals surface area (Å²) in [5.74, 6) is -1.78. The second-order valence-corrected chi connectivity index (χ2v) is 9.66. The van der Waals surface area contributed by atoms with Crippen molar-refractivity contribution in [3.8, 4) is 0 Å². The van der Waals surface area contributed by atoms with Crippen LogP contribution in [-0.4, -0.2) is 38.8 Å². The highest BCUT2D eigenvalue weighted by Crippen LogP contribution is 2.39. The molecule has 0 radical (unpaired) electrons. The maximum Gasteiger partial charge on any atom is 0.239 e. The van der Waals surface area contributed by atoms with Gasteiger partial charge in [-0.25, -0.2) is 12.8 Å². The Hall–Kier alpha value is -2.22. The normalized spacial score (nSPS) is 19.5. The highest BCUT2D eigenvalue weighted by atomic mass is 32.2. The lowest BCUT2D eigenvalue weighted by atomic mass is 9.99. The SMILES string of the molecule is CC1CCN(c2nc(F)c3c(c2F)S(=O)(=O)CCN3Cc2ccccc2)CC1. The van der Waals surface area contributed by atoms with Crippen LogP contribution in [0.25, 0.3) is 0 Å². The first-order chi connectivity index (χ1) is 13.4. The fourth-order valence-electron chi connectivity index (χ4n) is 3.89. The molecule has 2 aliphatic heterocycles. The molecule has 0 aliphatic carbocycles. The fraction of sp³-hybridized carbons (Fsp3) is 0.450. The number of fused-ring (bicyclic) bond motifs is 1. The van der Waals surface area contributed by atoms with Crippen LogP contribution in [0.4, 0.5) is 20.3 Å². The molecule has 4 rings (SSSR count). The largest absolute Gasteiger partial charge is 0.361 e. The van der Waals surface area contributed by atoms with Gasteiger partial charge in [0.2, 0.25) is 5.95 Å². The summed E-state index contributed by atoms with van der Waals surface area (Å²) in [7, 11) is -3.92. The van der Waals surface area contributed by atoms with Crippen LogP contribution in [0, 0.1) is 17.7 Å². The van der Waals surface area contributed by atoms with Crippen molar-refractivity contribution >= 4 is 21.3 Å². The smallest absolute Gasteiger partial charge is 0.239 e. The van der Waals surface area contributed by atoms with E-state index in [0.29, 0.717) is 25.6 Å². The van der Waals surface area contributed by atoms with Crippen molar-refractivity contribution in [2.24, 2.45) is 5.92 Å². The van der Waals surface area contributed by atoms with Crippen molar-refractivity contribution in [2.45, 2.75) is 31.2 Å². The van der Waals surface area contributed by atoms with Gasteiger partial charge < -0.3 is 9.80 Å². The molecule has 3 heterocycles. The highest BCUT2D eigenvalue weighted by Gasteiger charge is 2.38. The Kier molecular flexibility index (Phi) is 4.99. The number of piperidine rings is 1. The first-order valence-electron chi connectivity index (χ1n) is 9.52. The summed E-state index contributed by atoms with van der Waals surface area (Å²) in [5.41, 5.74) is 0.642. The summed E-state index contributed by atoms with van der Waals surface area (Å²) in [6.45, 7) is 3.58. The van der Waals surface area contributed by atoms with Gasteiger partial charge in [0.05, 0.1) is 5.75 Å². The van der Waals surface area contributed by atoms with E-state index >= 15 is 8.78 Å². The Morgan fingerprint density at radius 2 is 1.79 bits per heavy atom. The predicted molar refractivity (Wildman–Crippen MR) is 104 cm³/mol. The lowest BCUT2D eigenvalue weighted by molar-refractivity contribution is 0.426. The summed E-state index contributed by atoms with van der Waals surface area (Å²) in [6.07, 6.45) is 1.68. The number of halogens is 2. The molecule has 0 unspecified atom stereocenters. The molecule has 0 spiro atoms. The maximum absolute atomic E-state index is 15.3. The third-order valence-electron chi connectivity index (χ3n) is 5.57. The van der Waals surface area contributed by atoms with Gasteiger partial charge >= 0.3 is 0 Å². The standard InChI is InChI=1S/C20H23F2N3O2S/c1-14-7-9-24(10-8-14)20-16(21)18-17(19(22)23-20)25(11-12-28(18,26)27)13-15-5-3-2-4-6-15/h2-6,14H,7-13H2,1H3. The van der Waals surface area contributed by atoms with Crippen molar-refractivity contribution in [1.82, 2.24) is 4.98 Å². The summed E-state index contributed by atoms with van der Waals surface area (Å²) in [4.78, 5) is 6.55. The van der Waals surface area contributed by atoms with E-state index in [1.54, 1.807) is 9.80 Å². The van der Waals surface area contributed by atoms with E-state index in [1.165, 1.54) is 0 Å². The van der Waals surface area contributed by atoms with Gasteiger partial charge in [0, 0.05) is 26.2 Å². The van der Waals surface area contributed by atoms with E-state index in [9.17, 15) is 8.42 Å².